The van der Waals surface area contributed by atoms with Crippen molar-refractivity contribution in [2.24, 2.45) is 0 Å². The maximum absolute atomic E-state index is 4.62. The summed E-state index contributed by atoms with van der Waals surface area (Å²) < 4.78 is 0. The number of H-pyrrole nitrogens is 4. The smallest absolute Gasteiger partial charge is 0.229 e. The molecule has 0 saturated carbocycles. The Morgan fingerprint density at radius 1 is 0.338 bits per heavy atom. The molecule has 0 bridgehead atoms. The van der Waals surface area contributed by atoms with Crippen molar-refractivity contribution in [1.82, 2.24) is 80.7 Å². The second kappa shape index (κ2) is 24.3. The highest BCUT2D eigenvalue weighted by molar-refractivity contribution is 5.94. The van der Waals surface area contributed by atoms with Crippen molar-refractivity contribution >= 4 is 113 Å². The van der Waals surface area contributed by atoms with Crippen molar-refractivity contribution in [2.45, 2.75) is 13.8 Å². The molecule has 14 rings (SSSR count). The van der Waals surface area contributed by atoms with Crippen molar-refractivity contribution in [2.75, 3.05) is 31.9 Å². The van der Waals surface area contributed by atoms with E-state index < -0.39 is 0 Å². The van der Waals surface area contributed by atoms with E-state index in [9.17, 15) is 0 Å². The number of fused-ring (bicyclic) bond motifs is 4. The molecule has 0 spiro atoms. The Morgan fingerprint density at radius 2 is 0.775 bits per heavy atom. The quantitative estimate of drug-likeness (QED) is 0.0544. The summed E-state index contributed by atoms with van der Waals surface area (Å²) in [4.78, 5) is 35.2. The molecular weight excluding hydrogens is 1000 g/mol. The number of rotatable bonds is 12. The monoisotopic (exact) mass is 1050 g/mol. The van der Waals surface area contributed by atoms with Gasteiger partial charge in [0.1, 0.15) is 53.4 Å². The molecule has 392 valence electrons. The van der Waals surface area contributed by atoms with Crippen molar-refractivity contribution in [1.29, 1.82) is 0 Å². The van der Waals surface area contributed by atoms with Crippen LogP contribution in [0.2, 0.25) is 0 Å². The first-order chi connectivity index (χ1) is 39.4. The van der Waals surface area contributed by atoms with Crippen LogP contribution in [0.4, 0.5) is 69.8 Å². The molecule has 14 aromatic rings. The van der Waals surface area contributed by atoms with Gasteiger partial charge in [-0.1, -0.05) is 78.9 Å². The molecule has 10 N–H and O–H groups in total. The average Bonchev–Trinajstić information content (AvgIpc) is 4.41. The van der Waals surface area contributed by atoms with Crippen LogP contribution in [0.3, 0.4) is 0 Å². The Bertz CT molecular complexity index is 4230. The van der Waals surface area contributed by atoms with Crippen LogP contribution in [-0.4, -0.2) is 80.7 Å². The second-order valence-corrected chi connectivity index (χ2v) is 17.6. The first kappa shape index (κ1) is 50.5. The summed E-state index contributed by atoms with van der Waals surface area (Å²) in [6, 6.07) is 56.9. The van der Waals surface area contributed by atoms with Gasteiger partial charge in [-0.2, -0.15) is 30.4 Å². The Balaban J connectivity index is 0.000000114. The van der Waals surface area contributed by atoms with Crippen molar-refractivity contribution in [3.8, 4) is 0 Å². The fourth-order valence-corrected chi connectivity index (χ4v) is 8.13. The van der Waals surface area contributed by atoms with E-state index in [0.29, 0.717) is 11.9 Å². The van der Waals surface area contributed by atoms with Crippen molar-refractivity contribution in [3.05, 3.63) is 218 Å². The van der Waals surface area contributed by atoms with Gasteiger partial charge in [-0.3, -0.25) is 20.4 Å². The first-order valence-electron chi connectivity index (χ1n) is 25.1. The van der Waals surface area contributed by atoms with Crippen LogP contribution in [-0.2, 0) is 0 Å². The van der Waals surface area contributed by atoms with Gasteiger partial charge in [0.05, 0.1) is 40.7 Å². The van der Waals surface area contributed by atoms with Crippen LogP contribution in [0.15, 0.2) is 207 Å². The van der Waals surface area contributed by atoms with Gasteiger partial charge in [0.2, 0.25) is 11.9 Å². The summed E-state index contributed by atoms with van der Waals surface area (Å²) in [5.41, 5.74) is 7.64. The van der Waals surface area contributed by atoms with Gasteiger partial charge in [-0.05, 0) is 92.2 Å². The minimum absolute atomic E-state index is 0.539. The normalized spacial score (nSPS) is 10.6. The largest absolute Gasteiger partial charge is 0.325 e. The molecule has 0 fully saturated rings. The fraction of sp³-hybridized carbons (Fsp3) is 0.0345. The summed E-state index contributed by atoms with van der Waals surface area (Å²) in [5, 5.41) is 50.5. The Kier molecular flexibility index (Phi) is 15.4. The van der Waals surface area contributed by atoms with Crippen LogP contribution in [0.5, 0.6) is 0 Å². The second-order valence-electron chi connectivity index (χ2n) is 17.6. The van der Waals surface area contributed by atoms with Gasteiger partial charge in [-0.25, -0.2) is 29.9 Å². The molecule has 0 saturated heterocycles. The summed E-state index contributed by atoms with van der Waals surface area (Å²) in [6.07, 6.45) is 8.16. The lowest BCUT2D eigenvalue weighted by Gasteiger charge is -2.11. The molecule has 6 aromatic carbocycles. The van der Waals surface area contributed by atoms with Gasteiger partial charge in [0.25, 0.3) is 0 Å². The topological polar surface area (TPSA) is 290 Å². The van der Waals surface area contributed by atoms with Crippen LogP contribution in [0.25, 0.3) is 43.6 Å². The van der Waals surface area contributed by atoms with E-state index in [0.717, 1.165) is 107 Å². The highest BCUT2D eigenvalue weighted by atomic mass is 15.2. The van der Waals surface area contributed by atoms with E-state index in [1.807, 2.05) is 171 Å². The number of nitrogens with one attached hydrogen (secondary N) is 10. The van der Waals surface area contributed by atoms with E-state index in [-0.39, 0.29) is 0 Å². The third-order valence-corrected chi connectivity index (χ3v) is 11.8. The molecule has 0 radical (unpaired) electrons. The Labute approximate surface area is 456 Å². The number of benzene rings is 6. The summed E-state index contributed by atoms with van der Waals surface area (Å²) in [6.45, 7) is 4.01. The van der Waals surface area contributed by atoms with E-state index in [1.54, 1.807) is 31.2 Å². The Morgan fingerprint density at radius 3 is 1.25 bits per heavy atom. The molecule has 0 aliphatic carbocycles. The van der Waals surface area contributed by atoms with Crippen molar-refractivity contribution < 1.29 is 0 Å². The van der Waals surface area contributed by atoms with Gasteiger partial charge in [-0.15, -0.1) is 0 Å². The average molecular weight is 1060 g/mol. The molecule has 0 atom stereocenters. The van der Waals surface area contributed by atoms with E-state index in [2.05, 4.69) is 132 Å². The number of nitrogens with zero attached hydrogens (tertiary/aromatic N) is 12. The standard InChI is InChI=1S/C18H16N6.C17H14N6.C12H11N5.C11H9N5/c1-12-5-4-6-13(11-12)20-18-21-15-8-3-2-7-14(15)17(23-18)22-16-9-10-19-24-16;1-2-6-12(7-3-1)19-17-20-14-9-5-4-8-13(14)16(22-17)21-15-10-11-18-23-15;1-8-6-11(17-16-8)15-12-9-4-2-3-5-10(9)13-7-14-12;1-2-4-9-8(3-1)11(13-7-12-9)15-10-5-6-14-16-10/h2-11H,1H3,(H3,19,20,21,22,23,24);1-11H,(H3,18,19,20,21,22,23);2-7H,1H3,(H2,13,14,15,16,17);1-7H,(H2,12,13,14,15,16). The zero-order chi connectivity index (χ0) is 54.3. The zero-order valence-electron chi connectivity index (χ0n) is 43.0. The lowest BCUT2D eigenvalue weighted by molar-refractivity contribution is 1.05. The summed E-state index contributed by atoms with van der Waals surface area (Å²) in [7, 11) is 0. The maximum Gasteiger partial charge on any atom is 0.229 e. The first-order valence-corrected chi connectivity index (χ1v) is 25.1. The van der Waals surface area contributed by atoms with E-state index in [1.165, 1.54) is 5.56 Å². The van der Waals surface area contributed by atoms with E-state index >= 15 is 0 Å². The molecule has 8 aromatic heterocycles. The third kappa shape index (κ3) is 12.9. The predicted octanol–water partition coefficient (Wildman–Crippen LogP) is 12.5. The molecule has 80 heavy (non-hydrogen) atoms. The molecular formula is C58H50N22. The third-order valence-electron chi connectivity index (χ3n) is 11.8. The Hall–Kier alpha value is -11.7. The highest BCUT2D eigenvalue weighted by Crippen LogP contribution is 2.28. The number of hydrogen-bond donors (Lipinski definition) is 10. The van der Waals surface area contributed by atoms with Crippen LogP contribution < -0.4 is 31.9 Å². The molecule has 22 nitrogen and oxygen atoms in total. The van der Waals surface area contributed by atoms with Gasteiger partial charge >= 0.3 is 0 Å². The molecule has 0 unspecified atom stereocenters. The lowest BCUT2D eigenvalue weighted by atomic mass is 10.2. The number of para-hydroxylation sites is 5. The van der Waals surface area contributed by atoms with Crippen LogP contribution in [0.1, 0.15) is 11.3 Å². The lowest BCUT2D eigenvalue weighted by Crippen LogP contribution is -2.02. The number of aromatic amines is 4. The summed E-state index contributed by atoms with van der Waals surface area (Å²) >= 11 is 0. The summed E-state index contributed by atoms with van der Waals surface area (Å²) in [5.74, 6) is 7.18. The van der Waals surface area contributed by atoms with Gasteiger partial charge < -0.3 is 31.9 Å². The molecule has 22 heteroatoms. The molecule has 0 amide bonds. The predicted molar refractivity (Wildman–Crippen MR) is 315 cm³/mol. The molecule has 8 heterocycles. The van der Waals surface area contributed by atoms with Gasteiger partial charge in [0, 0.05) is 62.9 Å². The van der Waals surface area contributed by atoms with Crippen LogP contribution >= 0.6 is 0 Å². The zero-order valence-corrected chi connectivity index (χ0v) is 43.0. The van der Waals surface area contributed by atoms with Crippen molar-refractivity contribution in [3.63, 3.8) is 0 Å². The van der Waals surface area contributed by atoms with Crippen LogP contribution in [0, 0.1) is 13.8 Å². The minimum Gasteiger partial charge on any atom is -0.325 e. The SMILES string of the molecule is Cc1cc(Nc2ncnc3ccccc23)n[nH]1.Cc1cccc(Nc2nc(Nc3ccn[nH]3)c3ccccc3n2)c1.c1ccc(Nc2nc(Nc3ccn[nH]3)c3ccccc3n2)cc1.c1ccc2c(Nc3ccn[nH]3)ncnc2c1. The molecule has 0 aliphatic heterocycles. The highest BCUT2D eigenvalue weighted by Gasteiger charge is 2.12. The molecule has 0 aliphatic rings. The number of hydrogen-bond acceptors (Lipinski definition) is 18. The number of aromatic nitrogens is 16. The number of aryl methyl sites for hydroxylation is 2. The van der Waals surface area contributed by atoms with E-state index in [4.69, 9.17) is 0 Å². The van der Waals surface area contributed by atoms with Gasteiger partial charge in [0.15, 0.2) is 5.82 Å². The maximum atomic E-state index is 4.62. The minimum atomic E-state index is 0.539. The fourth-order valence-electron chi connectivity index (χ4n) is 8.13. The number of anilines is 12.